The zero-order valence-electron chi connectivity index (χ0n) is 8.13. The lowest BCUT2D eigenvalue weighted by molar-refractivity contribution is -0.287. The average molecular weight is 216 g/mol. The van der Waals surface area contributed by atoms with Crippen LogP contribution in [0.15, 0.2) is 18.2 Å². The lowest BCUT2D eigenvalue weighted by Gasteiger charge is -2.07. The van der Waals surface area contributed by atoms with E-state index in [0.717, 1.165) is 6.42 Å². The van der Waals surface area contributed by atoms with Crippen LogP contribution in [0.4, 0.5) is 8.78 Å². The molecular weight excluding hydrogens is 206 g/mol. The quantitative estimate of drug-likeness (QED) is 0.777. The molecule has 2 rings (SSSR count). The number of hydrogen-bond acceptors (Lipinski definition) is 3. The van der Waals surface area contributed by atoms with Crippen molar-refractivity contribution in [1.29, 1.82) is 0 Å². The third kappa shape index (κ3) is 1.95. The Hall–Kier alpha value is -1.52. The molecule has 0 bridgehead atoms. The molecule has 5 heteroatoms. The second-order valence-corrected chi connectivity index (χ2v) is 3.10. The third-order valence-corrected chi connectivity index (χ3v) is 1.85. The van der Waals surface area contributed by atoms with Crippen LogP contribution in [0.3, 0.4) is 0 Å². The number of benzene rings is 1. The Morgan fingerprint density at radius 3 is 2.87 bits per heavy atom. The highest BCUT2D eigenvalue weighted by molar-refractivity contribution is 5.52. The minimum absolute atomic E-state index is 0.00797. The van der Waals surface area contributed by atoms with Crippen molar-refractivity contribution in [1.82, 2.24) is 0 Å². The molecule has 0 unspecified atom stereocenters. The van der Waals surface area contributed by atoms with Crippen LogP contribution < -0.4 is 14.2 Å². The zero-order valence-corrected chi connectivity index (χ0v) is 8.13. The second-order valence-electron chi connectivity index (χ2n) is 3.10. The van der Waals surface area contributed by atoms with Gasteiger partial charge >= 0.3 is 6.29 Å². The molecule has 0 aliphatic carbocycles. The highest BCUT2D eigenvalue weighted by atomic mass is 19.3. The monoisotopic (exact) mass is 216 g/mol. The number of rotatable bonds is 3. The smallest absolute Gasteiger partial charge is 0.490 e. The molecule has 1 aromatic rings. The molecule has 0 saturated carbocycles. The van der Waals surface area contributed by atoms with Gasteiger partial charge in [-0.15, -0.1) is 8.78 Å². The summed E-state index contributed by atoms with van der Waals surface area (Å²) in [6.07, 6.45) is -2.80. The molecule has 0 saturated heterocycles. The van der Waals surface area contributed by atoms with E-state index in [1.807, 2.05) is 6.92 Å². The molecule has 0 N–H and O–H groups in total. The topological polar surface area (TPSA) is 27.7 Å². The number of fused-ring (bicyclic) bond motifs is 1. The Labute approximate surface area is 85.6 Å². The van der Waals surface area contributed by atoms with Crippen LogP contribution in [0.25, 0.3) is 0 Å². The highest BCUT2D eigenvalue weighted by Crippen LogP contribution is 2.46. The Morgan fingerprint density at radius 1 is 1.33 bits per heavy atom. The maximum Gasteiger partial charge on any atom is 0.586 e. The van der Waals surface area contributed by atoms with E-state index < -0.39 is 6.29 Å². The molecule has 3 nitrogen and oxygen atoms in total. The van der Waals surface area contributed by atoms with Crippen LogP contribution in [0, 0.1) is 0 Å². The molecule has 0 radical (unpaired) electrons. The summed E-state index contributed by atoms with van der Waals surface area (Å²) in [5.41, 5.74) is 0. The summed E-state index contributed by atoms with van der Waals surface area (Å²) in [6, 6.07) is 4.56. The van der Waals surface area contributed by atoms with Crippen molar-refractivity contribution in [2.75, 3.05) is 6.61 Å². The molecule has 15 heavy (non-hydrogen) atoms. The van der Waals surface area contributed by atoms with Crippen molar-refractivity contribution in [3.63, 3.8) is 0 Å². The summed E-state index contributed by atoms with van der Waals surface area (Å²) in [5, 5.41) is 0. The SMILES string of the molecule is CCCOc1cccc2c1OC(F)(F)O2. The predicted octanol–water partition coefficient (Wildman–Crippen LogP) is 2.80. The van der Waals surface area contributed by atoms with E-state index in [4.69, 9.17) is 4.74 Å². The average Bonchev–Trinajstić information content (AvgIpc) is 2.49. The molecule has 1 heterocycles. The Kier molecular flexibility index (Phi) is 2.38. The normalized spacial score (nSPS) is 16.5. The molecule has 1 aromatic carbocycles. The van der Waals surface area contributed by atoms with Gasteiger partial charge in [-0.25, -0.2) is 0 Å². The van der Waals surface area contributed by atoms with Crippen LogP contribution >= 0.6 is 0 Å². The van der Waals surface area contributed by atoms with Gasteiger partial charge in [0.25, 0.3) is 0 Å². The predicted molar refractivity (Wildman–Crippen MR) is 48.4 cm³/mol. The van der Waals surface area contributed by atoms with E-state index in [1.54, 1.807) is 12.1 Å². The Balaban J connectivity index is 2.25. The first-order chi connectivity index (χ1) is 7.12. The molecular formula is C10H10F2O3. The lowest BCUT2D eigenvalue weighted by atomic mass is 10.3. The van der Waals surface area contributed by atoms with E-state index >= 15 is 0 Å². The van der Waals surface area contributed by atoms with Crippen molar-refractivity contribution >= 4 is 0 Å². The van der Waals surface area contributed by atoms with Crippen LogP contribution in [0.2, 0.25) is 0 Å². The second kappa shape index (κ2) is 3.56. The van der Waals surface area contributed by atoms with Gasteiger partial charge in [0.15, 0.2) is 11.5 Å². The summed E-state index contributed by atoms with van der Waals surface area (Å²) in [7, 11) is 0. The first-order valence-electron chi connectivity index (χ1n) is 4.64. The van der Waals surface area contributed by atoms with Gasteiger partial charge < -0.3 is 14.2 Å². The van der Waals surface area contributed by atoms with E-state index in [9.17, 15) is 8.78 Å². The molecule has 82 valence electrons. The summed E-state index contributed by atoms with van der Waals surface area (Å²) in [6.45, 7) is 2.38. The lowest BCUT2D eigenvalue weighted by Crippen LogP contribution is -2.26. The van der Waals surface area contributed by atoms with Crippen molar-refractivity contribution < 1.29 is 23.0 Å². The first kappa shape index (κ1) is 10.0. The van der Waals surface area contributed by atoms with E-state index in [1.165, 1.54) is 6.07 Å². The van der Waals surface area contributed by atoms with Crippen molar-refractivity contribution in [3.8, 4) is 17.2 Å². The van der Waals surface area contributed by atoms with E-state index in [-0.39, 0.29) is 17.2 Å². The van der Waals surface area contributed by atoms with Gasteiger partial charge in [0.1, 0.15) is 0 Å². The Bertz CT molecular complexity index is 366. The molecule has 0 fully saturated rings. The van der Waals surface area contributed by atoms with Crippen LogP contribution in [0.5, 0.6) is 17.2 Å². The maximum atomic E-state index is 12.7. The van der Waals surface area contributed by atoms with Gasteiger partial charge in [0, 0.05) is 0 Å². The largest absolute Gasteiger partial charge is 0.586 e. The third-order valence-electron chi connectivity index (χ3n) is 1.85. The Morgan fingerprint density at radius 2 is 2.13 bits per heavy atom. The highest BCUT2D eigenvalue weighted by Gasteiger charge is 2.44. The fourth-order valence-electron chi connectivity index (χ4n) is 1.27. The van der Waals surface area contributed by atoms with Gasteiger partial charge in [0.05, 0.1) is 6.61 Å². The number of ether oxygens (including phenoxy) is 3. The van der Waals surface area contributed by atoms with Crippen molar-refractivity contribution in [2.45, 2.75) is 19.6 Å². The first-order valence-corrected chi connectivity index (χ1v) is 4.64. The molecule has 0 aromatic heterocycles. The number of alkyl halides is 2. The van der Waals surface area contributed by atoms with Crippen molar-refractivity contribution in [3.05, 3.63) is 18.2 Å². The van der Waals surface area contributed by atoms with Gasteiger partial charge in [-0.2, -0.15) is 0 Å². The number of hydrogen-bond donors (Lipinski definition) is 0. The van der Waals surface area contributed by atoms with Crippen LogP contribution in [0.1, 0.15) is 13.3 Å². The zero-order chi connectivity index (χ0) is 10.9. The van der Waals surface area contributed by atoms with Gasteiger partial charge in [-0.1, -0.05) is 13.0 Å². The van der Waals surface area contributed by atoms with Gasteiger partial charge in [0.2, 0.25) is 5.75 Å². The molecule has 1 aliphatic rings. The summed E-state index contributed by atoms with van der Waals surface area (Å²) in [5.74, 6) is 0.260. The van der Waals surface area contributed by atoms with Crippen LogP contribution in [-0.2, 0) is 0 Å². The molecule has 1 aliphatic heterocycles. The van der Waals surface area contributed by atoms with Crippen LogP contribution in [-0.4, -0.2) is 12.9 Å². The fraction of sp³-hybridized carbons (Fsp3) is 0.400. The van der Waals surface area contributed by atoms with Crippen molar-refractivity contribution in [2.24, 2.45) is 0 Å². The molecule has 0 spiro atoms. The maximum absolute atomic E-state index is 12.7. The number of para-hydroxylation sites is 1. The van der Waals surface area contributed by atoms with E-state index in [2.05, 4.69) is 9.47 Å². The number of halogens is 2. The molecule has 0 amide bonds. The minimum Gasteiger partial charge on any atom is -0.490 e. The standard InChI is InChI=1S/C10H10F2O3/c1-2-6-13-7-4-3-5-8-9(7)15-10(11,12)14-8/h3-5H,2,6H2,1H3. The summed E-state index contributed by atoms with van der Waals surface area (Å²) >= 11 is 0. The summed E-state index contributed by atoms with van der Waals surface area (Å²) < 4.78 is 39.4. The summed E-state index contributed by atoms with van der Waals surface area (Å²) in [4.78, 5) is 0. The fourth-order valence-corrected chi connectivity index (χ4v) is 1.27. The van der Waals surface area contributed by atoms with E-state index in [0.29, 0.717) is 6.61 Å². The van der Waals surface area contributed by atoms with Gasteiger partial charge in [-0.05, 0) is 18.6 Å². The molecule has 0 atom stereocenters. The minimum atomic E-state index is -3.59. The van der Waals surface area contributed by atoms with Gasteiger partial charge in [-0.3, -0.25) is 0 Å².